The van der Waals surface area contributed by atoms with Crippen LogP contribution in [-0.2, 0) is 9.59 Å². The number of rotatable bonds is 5. The number of nitrogens with one attached hydrogen (secondary N) is 1. The van der Waals surface area contributed by atoms with E-state index in [-0.39, 0.29) is 23.0 Å². The number of thioether (sulfide) groups is 1. The van der Waals surface area contributed by atoms with Crippen LogP contribution in [0.15, 0.2) is 0 Å². The van der Waals surface area contributed by atoms with Gasteiger partial charge in [-0.25, -0.2) is 0 Å². The smallest absolute Gasteiger partial charge is 0.235 e. The summed E-state index contributed by atoms with van der Waals surface area (Å²) in [5, 5.41) is 2.77. The molecule has 0 aliphatic carbocycles. The zero-order chi connectivity index (χ0) is 13.5. The molecular weight excluding hydrogens is 250 g/mol. The highest BCUT2D eigenvalue weighted by Gasteiger charge is 2.29. The molecule has 6 heteroatoms. The zero-order valence-electron chi connectivity index (χ0n) is 11.1. The maximum Gasteiger partial charge on any atom is 0.235 e. The third kappa shape index (κ3) is 4.17. The van der Waals surface area contributed by atoms with Crippen LogP contribution >= 0.6 is 11.8 Å². The number of amides is 2. The third-order valence-electron chi connectivity index (χ3n) is 3.25. The van der Waals surface area contributed by atoms with Gasteiger partial charge in [-0.15, -0.1) is 0 Å². The van der Waals surface area contributed by atoms with Crippen molar-refractivity contribution < 1.29 is 9.59 Å². The molecule has 1 saturated heterocycles. The van der Waals surface area contributed by atoms with Crippen molar-refractivity contribution in [2.45, 2.75) is 25.0 Å². The molecule has 1 rings (SSSR count). The largest absolute Gasteiger partial charge is 0.355 e. The first-order valence-electron chi connectivity index (χ1n) is 6.39. The van der Waals surface area contributed by atoms with Crippen LogP contribution in [0.1, 0.15) is 19.8 Å². The zero-order valence-corrected chi connectivity index (χ0v) is 12.0. The Hall–Kier alpha value is -0.750. The Kier molecular flexibility index (Phi) is 6.49. The van der Waals surface area contributed by atoms with Gasteiger partial charge in [-0.1, -0.05) is 0 Å². The molecule has 2 unspecified atom stereocenters. The minimum atomic E-state index is -0.0803. The quantitative estimate of drug-likeness (QED) is 0.742. The highest BCUT2D eigenvalue weighted by atomic mass is 32.2. The minimum absolute atomic E-state index is 0.0229. The van der Waals surface area contributed by atoms with Gasteiger partial charge in [0, 0.05) is 26.2 Å². The Balaban J connectivity index is 2.50. The van der Waals surface area contributed by atoms with E-state index in [2.05, 4.69) is 5.32 Å². The second kappa shape index (κ2) is 7.63. The van der Waals surface area contributed by atoms with E-state index in [1.807, 2.05) is 18.1 Å². The first kappa shape index (κ1) is 15.3. The molecule has 2 atom stereocenters. The number of nitrogens with two attached hydrogens (primary N) is 1. The molecule has 0 aromatic heterocycles. The average molecular weight is 273 g/mol. The Morgan fingerprint density at radius 3 is 2.89 bits per heavy atom. The molecule has 0 aromatic rings. The van der Waals surface area contributed by atoms with Gasteiger partial charge in [0.05, 0.1) is 11.2 Å². The summed E-state index contributed by atoms with van der Waals surface area (Å²) in [6.07, 6.45) is 3.68. The lowest BCUT2D eigenvalue weighted by Gasteiger charge is -2.33. The van der Waals surface area contributed by atoms with E-state index in [9.17, 15) is 9.59 Å². The van der Waals surface area contributed by atoms with Gasteiger partial charge < -0.3 is 16.0 Å². The fourth-order valence-corrected chi connectivity index (χ4v) is 2.44. The monoisotopic (exact) mass is 273 g/mol. The summed E-state index contributed by atoms with van der Waals surface area (Å²) in [6, 6.07) is 0. The van der Waals surface area contributed by atoms with Crippen molar-refractivity contribution in [2.24, 2.45) is 11.7 Å². The van der Waals surface area contributed by atoms with Crippen LogP contribution in [0.4, 0.5) is 0 Å². The normalized spacial score (nSPS) is 21.5. The predicted octanol–water partition coefficient (Wildman–Crippen LogP) is 0.0514. The lowest BCUT2D eigenvalue weighted by atomic mass is 9.97. The summed E-state index contributed by atoms with van der Waals surface area (Å²) >= 11 is 1.54. The van der Waals surface area contributed by atoms with E-state index in [0.29, 0.717) is 19.6 Å². The molecule has 0 saturated carbocycles. The lowest BCUT2D eigenvalue weighted by Crippen LogP contribution is -2.48. The molecule has 1 heterocycles. The third-order valence-corrected chi connectivity index (χ3v) is 4.16. The highest BCUT2D eigenvalue weighted by Crippen LogP contribution is 2.19. The van der Waals surface area contributed by atoms with Gasteiger partial charge in [0.25, 0.3) is 0 Å². The topological polar surface area (TPSA) is 75.4 Å². The van der Waals surface area contributed by atoms with Crippen molar-refractivity contribution in [1.29, 1.82) is 0 Å². The average Bonchev–Trinajstić information content (AvgIpc) is 2.43. The Morgan fingerprint density at radius 2 is 2.28 bits per heavy atom. The number of piperidine rings is 1. The number of carbonyl (C=O) groups is 2. The van der Waals surface area contributed by atoms with E-state index in [1.165, 1.54) is 0 Å². The molecule has 18 heavy (non-hydrogen) atoms. The van der Waals surface area contributed by atoms with Crippen molar-refractivity contribution in [1.82, 2.24) is 10.2 Å². The molecule has 1 fully saturated rings. The predicted molar refractivity (Wildman–Crippen MR) is 74.3 cm³/mol. The number of carbonyl (C=O) groups excluding carboxylic acids is 2. The van der Waals surface area contributed by atoms with E-state index in [4.69, 9.17) is 5.73 Å². The van der Waals surface area contributed by atoms with Crippen molar-refractivity contribution in [2.75, 3.05) is 32.4 Å². The highest BCUT2D eigenvalue weighted by molar-refractivity contribution is 7.99. The molecule has 0 aromatic carbocycles. The summed E-state index contributed by atoms with van der Waals surface area (Å²) in [5.41, 5.74) is 5.36. The lowest BCUT2D eigenvalue weighted by molar-refractivity contribution is -0.135. The Bertz CT molecular complexity index is 299. The summed E-state index contributed by atoms with van der Waals surface area (Å²) in [7, 11) is 0. The second-order valence-corrected chi connectivity index (χ2v) is 5.76. The Morgan fingerprint density at radius 1 is 1.56 bits per heavy atom. The molecule has 0 bridgehead atoms. The van der Waals surface area contributed by atoms with Crippen molar-refractivity contribution in [3.05, 3.63) is 0 Å². The molecular formula is C12H23N3O2S. The van der Waals surface area contributed by atoms with Crippen LogP contribution in [0.5, 0.6) is 0 Å². The van der Waals surface area contributed by atoms with E-state index in [0.717, 1.165) is 19.4 Å². The van der Waals surface area contributed by atoms with Gasteiger partial charge >= 0.3 is 0 Å². The van der Waals surface area contributed by atoms with E-state index >= 15 is 0 Å². The first-order valence-corrected chi connectivity index (χ1v) is 7.68. The van der Waals surface area contributed by atoms with Crippen LogP contribution in [-0.4, -0.2) is 54.4 Å². The van der Waals surface area contributed by atoms with Gasteiger partial charge in [0.15, 0.2) is 0 Å². The molecule has 1 aliphatic rings. The van der Waals surface area contributed by atoms with Crippen LogP contribution in [0, 0.1) is 5.92 Å². The second-order valence-electron chi connectivity index (χ2n) is 4.58. The van der Waals surface area contributed by atoms with Crippen molar-refractivity contribution in [3.63, 3.8) is 0 Å². The van der Waals surface area contributed by atoms with Crippen LogP contribution in [0.3, 0.4) is 0 Å². The van der Waals surface area contributed by atoms with Gasteiger partial charge in [0.1, 0.15) is 0 Å². The van der Waals surface area contributed by atoms with Crippen molar-refractivity contribution in [3.8, 4) is 0 Å². The molecule has 2 amide bonds. The maximum atomic E-state index is 12.1. The Labute approximate surface area is 113 Å². The number of nitrogens with zero attached hydrogens (tertiary/aromatic N) is 1. The summed E-state index contributed by atoms with van der Waals surface area (Å²) in [4.78, 5) is 25.7. The van der Waals surface area contributed by atoms with Gasteiger partial charge in [-0.3, -0.25) is 9.59 Å². The molecule has 0 spiro atoms. The van der Waals surface area contributed by atoms with Gasteiger partial charge in [-0.2, -0.15) is 11.8 Å². The summed E-state index contributed by atoms with van der Waals surface area (Å²) in [6.45, 7) is 4.17. The van der Waals surface area contributed by atoms with Crippen LogP contribution < -0.4 is 11.1 Å². The molecule has 0 radical (unpaired) electrons. The number of hydrogen-bond donors (Lipinski definition) is 2. The standard InChI is InChI=1S/C12H23N3O2S/c1-9(18-2)12(17)15-7-3-4-10(8-15)11(16)14-6-5-13/h9-10H,3-8,13H2,1-2H3,(H,14,16). The molecule has 1 aliphatic heterocycles. The maximum absolute atomic E-state index is 12.1. The number of hydrogen-bond acceptors (Lipinski definition) is 4. The molecule has 104 valence electrons. The number of likely N-dealkylation sites (tertiary alicyclic amines) is 1. The summed E-state index contributed by atoms with van der Waals surface area (Å²) < 4.78 is 0. The molecule has 3 N–H and O–H groups in total. The minimum Gasteiger partial charge on any atom is -0.355 e. The fourth-order valence-electron chi connectivity index (χ4n) is 2.09. The van der Waals surface area contributed by atoms with Crippen molar-refractivity contribution >= 4 is 23.6 Å². The van der Waals surface area contributed by atoms with E-state index < -0.39 is 0 Å². The van der Waals surface area contributed by atoms with E-state index in [1.54, 1.807) is 11.8 Å². The first-order chi connectivity index (χ1) is 8.60. The van der Waals surface area contributed by atoms with Crippen LogP contribution in [0.2, 0.25) is 0 Å². The summed E-state index contributed by atoms with van der Waals surface area (Å²) in [5.74, 6) is 0.0804. The van der Waals surface area contributed by atoms with Crippen LogP contribution in [0.25, 0.3) is 0 Å². The molecule has 5 nitrogen and oxygen atoms in total. The SMILES string of the molecule is CSC(C)C(=O)N1CCCC(C(=O)NCCN)C1. The van der Waals surface area contributed by atoms with Gasteiger partial charge in [0.2, 0.25) is 11.8 Å². The fraction of sp³-hybridized carbons (Fsp3) is 0.833. The van der Waals surface area contributed by atoms with Gasteiger partial charge in [-0.05, 0) is 26.0 Å².